The number of carbonyl (C=O) groups excluding carboxylic acids is 1. The van der Waals surface area contributed by atoms with Gasteiger partial charge in [0.15, 0.2) is 5.69 Å². The highest BCUT2D eigenvalue weighted by Crippen LogP contribution is 2.22. The standard InChI is InChI=1S/C20H22N6O2S/c27-20(18-9-17(24-25-18)19-3-1-8-29-19)22-5-2-7-26(12-15-4-6-21-10-15)13-16-11-23-28-14-16/h1,3-4,8-11,14H,2,5-7,12-13H2,(H,22,27)(H,24,25). The smallest absolute Gasteiger partial charge is 0.271 e. The molecule has 2 N–H and O–H groups in total. The zero-order chi connectivity index (χ0) is 19.9. The largest absolute Gasteiger partial charge is 0.364 e. The number of thiophene rings is 1. The van der Waals surface area contributed by atoms with Gasteiger partial charge >= 0.3 is 0 Å². The van der Waals surface area contributed by atoms with Crippen molar-refractivity contribution in [2.45, 2.75) is 13.0 Å². The first-order chi connectivity index (χ1) is 14.3. The molecule has 29 heavy (non-hydrogen) atoms. The molecule has 0 saturated carbocycles. The molecule has 0 saturated heterocycles. The van der Waals surface area contributed by atoms with Gasteiger partial charge in [-0.05, 0) is 29.5 Å². The van der Waals surface area contributed by atoms with Gasteiger partial charge in [0.05, 0.1) is 23.3 Å². The molecule has 4 heterocycles. The molecule has 9 heteroatoms. The summed E-state index contributed by atoms with van der Waals surface area (Å²) in [4.78, 5) is 20.0. The average molecular weight is 411 g/mol. The maximum absolute atomic E-state index is 12.4. The van der Waals surface area contributed by atoms with Gasteiger partial charge in [-0.1, -0.05) is 17.3 Å². The first-order valence-corrected chi connectivity index (χ1v) is 10.3. The lowest BCUT2D eigenvalue weighted by molar-refractivity contribution is 0.0946. The molecule has 1 aliphatic heterocycles. The molecule has 1 aliphatic rings. The van der Waals surface area contributed by atoms with Crippen molar-refractivity contribution in [3.63, 3.8) is 0 Å². The van der Waals surface area contributed by atoms with Gasteiger partial charge in [0.2, 0.25) is 0 Å². The quantitative estimate of drug-likeness (QED) is 0.501. The van der Waals surface area contributed by atoms with Crippen LogP contribution < -0.4 is 5.32 Å². The highest BCUT2D eigenvalue weighted by molar-refractivity contribution is 7.13. The highest BCUT2D eigenvalue weighted by atomic mass is 32.1. The van der Waals surface area contributed by atoms with Gasteiger partial charge in [-0.25, -0.2) is 0 Å². The molecule has 0 spiro atoms. The number of nitrogens with zero attached hydrogens (tertiary/aromatic N) is 4. The number of aliphatic imine (C=N–C) groups is 1. The van der Waals surface area contributed by atoms with Crippen molar-refractivity contribution >= 4 is 23.5 Å². The van der Waals surface area contributed by atoms with Crippen LogP contribution in [0.4, 0.5) is 0 Å². The van der Waals surface area contributed by atoms with Gasteiger partial charge in [-0.2, -0.15) is 5.10 Å². The molecular formula is C20H22N6O2S. The van der Waals surface area contributed by atoms with Crippen LogP contribution in [0.3, 0.4) is 0 Å². The molecule has 3 aromatic rings. The summed E-state index contributed by atoms with van der Waals surface area (Å²) in [5, 5.41) is 15.8. The molecular weight excluding hydrogens is 388 g/mol. The summed E-state index contributed by atoms with van der Waals surface area (Å²) >= 11 is 1.61. The Hall–Kier alpha value is -3.04. The topological polar surface area (TPSA) is 99.4 Å². The lowest BCUT2D eigenvalue weighted by Gasteiger charge is -2.21. The van der Waals surface area contributed by atoms with Crippen molar-refractivity contribution in [3.05, 3.63) is 58.9 Å². The summed E-state index contributed by atoms with van der Waals surface area (Å²) in [6.45, 7) is 3.72. The van der Waals surface area contributed by atoms with Crippen LogP contribution in [0.15, 0.2) is 57.2 Å². The number of H-pyrrole nitrogens is 1. The number of aromatic nitrogens is 3. The van der Waals surface area contributed by atoms with Gasteiger partial charge in [0, 0.05) is 38.0 Å². The third-order valence-electron chi connectivity index (χ3n) is 4.55. The average Bonchev–Trinajstić information content (AvgIpc) is 3.52. The Balaban J connectivity index is 1.26. The molecule has 3 aromatic heterocycles. The summed E-state index contributed by atoms with van der Waals surface area (Å²) in [5.41, 5.74) is 3.50. The van der Waals surface area contributed by atoms with Crippen LogP contribution in [-0.4, -0.2) is 58.6 Å². The molecule has 8 nitrogen and oxygen atoms in total. The number of hydrogen-bond donors (Lipinski definition) is 2. The lowest BCUT2D eigenvalue weighted by atomic mass is 10.2. The predicted octanol–water partition coefficient (Wildman–Crippen LogP) is 2.76. The van der Waals surface area contributed by atoms with Gasteiger partial charge in [0.25, 0.3) is 5.91 Å². The number of rotatable bonds is 10. The van der Waals surface area contributed by atoms with Gasteiger partial charge in [-0.3, -0.25) is 19.8 Å². The van der Waals surface area contributed by atoms with Crippen LogP contribution in [0.5, 0.6) is 0 Å². The first-order valence-electron chi connectivity index (χ1n) is 9.45. The molecule has 0 aliphatic carbocycles. The van der Waals surface area contributed by atoms with E-state index in [1.807, 2.05) is 23.7 Å². The maximum Gasteiger partial charge on any atom is 0.271 e. The molecule has 0 atom stereocenters. The Morgan fingerprint density at radius 1 is 1.38 bits per heavy atom. The molecule has 0 bridgehead atoms. The van der Waals surface area contributed by atoms with Crippen LogP contribution >= 0.6 is 11.3 Å². The monoisotopic (exact) mass is 410 g/mol. The zero-order valence-electron chi connectivity index (χ0n) is 15.9. The Labute approximate surface area is 172 Å². The van der Waals surface area contributed by atoms with Crippen LogP contribution in [0, 0.1) is 0 Å². The third kappa shape index (κ3) is 5.27. The minimum absolute atomic E-state index is 0.166. The van der Waals surface area contributed by atoms with E-state index in [4.69, 9.17) is 4.52 Å². The zero-order valence-corrected chi connectivity index (χ0v) is 16.7. The van der Waals surface area contributed by atoms with Gasteiger partial charge < -0.3 is 9.84 Å². The Bertz CT molecular complexity index is 975. The summed E-state index contributed by atoms with van der Waals surface area (Å²) in [5.74, 6) is -0.166. The normalized spacial score (nSPS) is 13.2. The number of nitrogens with one attached hydrogen (secondary N) is 2. The molecule has 4 rings (SSSR count). The van der Waals surface area contributed by atoms with Crippen molar-refractivity contribution in [1.82, 2.24) is 25.6 Å². The fourth-order valence-electron chi connectivity index (χ4n) is 3.12. The van der Waals surface area contributed by atoms with Crippen LogP contribution in [0.2, 0.25) is 0 Å². The highest BCUT2D eigenvalue weighted by Gasteiger charge is 2.13. The van der Waals surface area contributed by atoms with E-state index >= 15 is 0 Å². The van der Waals surface area contributed by atoms with E-state index in [1.54, 1.807) is 29.9 Å². The Morgan fingerprint density at radius 3 is 3.10 bits per heavy atom. The number of aromatic amines is 1. The fourth-order valence-corrected chi connectivity index (χ4v) is 3.82. The van der Waals surface area contributed by atoms with E-state index < -0.39 is 0 Å². The minimum atomic E-state index is -0.166. The van der Waals surface area contributed by atoms with Crippen molar-refractivity contribution in [2.24, 2.45) is 4.99 Å². The van der Waals surface area contributed by atoms with E-state index in [1.165, 1.54) is 5.57 Å². The fraction of sp³-hybridized carbons (Fsp3) is 0.300. The maximum atomic E-state index is 12.4. The van der Waals surface area contributed by atoms with Gasteiger partial charge in [-0.15, -0.1) is 11.3 Å². The van der Waals surface area contributed by atoms with E-state index in [0.29, 0.717) is 12.2 Å². The second kappa shape index (κ2) is 9.44. The van der Waals surface area contributed by atoms with Crippen molar-refractivity contribution in [1.29, 1.82) is 0 Å². The van der Waals surface area contributed by atoms with Crippen molar-refractivity contribution < 1.29 is 9.32 Å². The SMILES string of the molecule is O=C(NCCCN(CC1=CCN=C1)Cc1cnoc1)c1cc(-c2cccs2)[nH]n1. The molecule has 0 fully saturated rings. The molecule has 0 radical (unpaired) electrons. The second-order valence-corrected chi connectivity index (χ2v) is 7.72. The minimum Gasteiger partial charge on any atom is -0.364 e. The molecule has 0 aromatic carbocycles. The van der Waals surface area contributed by atoms with E-state index in [2.05, 4.69) is 36.6 Å². The van der Waals surface area contributed by atoms with Crippen LogP contribution in [-0.2, 0) is 6.54 Å². The lowest BCUT2D eigenvalue weighted by Crippen LogP contribution is -2.31. The Kier molecular flexibility index (Phi) is 6.28. The van der Waals surface area contributed by atoms with Crippen molar-refractivity contribution in [3.8, 4) is 10.6 Å². The molecule has 150 valence electrons. The summed E-state index contributed by atoms with van der Waals surface area (Å²) in [7, 11) is 0. The molecule has 0 unspecified atom stereocenters. The third-order valence-corrected chi connectivity index (χ3v) is 5.45. The Morgan fingerprint density at radius 2 is 2.34 bits per heavy atom. The summed E-state index contributed by atoms with van der Waals surface area (Å²) < 4.78 is 4.94. The van der Waals surface area contributed by atoms with Crippen LogP contribution in [0.1, 0.15) is 22.5 Å². The van der Waals surface area contributed by atoms with E-state index in [0.717, 1.165) is 48.7 Å². The molecule has 1 amide bonds. The predicted molar refractivity (Wildman–Crippen MR) is 112 cm³/mol. The number of amides is 1. The number of hydrogen-bond acceptors (Lipinski definition) is 7. The van der Waals surface area contributed by atoms with Crippen molar-refractivity contribution in [2.75, 3.05) is 26.2 Å². The first kappa shape index (κ1) is 19.3. The van der Waals surface area contributed by atoms with E-state index in [9.17, 15) is 4.79 Å². The summed E-state index contributed by atoms with van der Waals surface area (Å²) in [6.07, 6.45) is 8.27. The summed E-state index contributed by atoms with van der Waals surface area (Å²) in [6, 6.07) is 5.75. The second-order valence-electron chi connectivity index (χ2n) is 6.77. The van der Waals surface area contributed by atoms with Gasteiger partial charge in [0.1, 0.15) is 6.26 Å². The van der Waals surface area contributed by atoms with E-state index in [-0.39, 0.29) is 5.91 Å². The number of carbonyl (C=O) groups is 1. The van der Waals surface area contributed by atoms with Crippen LogP contribution in [0.25, 0.3) is 10.6 Å².